The summed E-state index contributed by atoms with van der Waals surface area (Å²) >= 11 is 0. The molecule has 0 radical (unpaired) electrons. The number of nitriles is 1. The summed E-state index contributed by atoms with van der Waals surface area (Å²) in [5.74, 6) is 0.648. The minimum absolute atomic E-state index is 0.101. The number of benzene rings is 1. The Kier molecular flexibility index (Phi) is 5.11. The van der Waals surface area contributed by atoms with Crippen molar-refractivity contribution in [2.24, 2.45) is 5.10 Å². The lowest BCUT2D eigenvalue weighted by Gasteiger charge is -2.08. The summed E-state index contributed by atoms with van der Waals surface area (Å²) in [6.45, 7) is 7.50. The highest BCUT2D eigenvalue weighted by Gasteiger charge is 2.09. The molecule has 1 aromatic carbocycles. The molecule has 2 aromatic rings. The summed E-state index contributed by atoms with van der Waals surface area (Å²) < 4.78 is 6.77. The van der Waals surface area contributed by atoms with Crippen LogP contribution in [0.1, 0.15) is 22.4 Å². The van der Waals surface area contributed by atoms with Gasteiger partial charge in [0.2, 0.25) is 0 Å². The van der Waals surface area contributed by atoms with Gasteiger partial charge in [0.1, 0.15) is 24.0 Å². The quantitative estimate of drug-likeness (QED) is 0.630. The van der Waals surface area contributed by atoms with E-state index in [-0.39, 0.29) is 5.56 Å². The number of rotatable bonds is 5. The van der Waals surface area contributed by atoms with E-state index in [0.29, 0.717) is 23.6 Å². The second-order valence-corrected chi connectivity index (χ2v) is 4.95. The molecule has 0 atom stereocenters. The Morgan fingerprint density at radius 2 is 2.13 bits per heavy atom. The van der Waals surface area contributed by atoms with Crippen LogP contribution < -0.4 is 10.3 Å². The summed E-state index contributed by atoms with van der Waals surface area (Å²) in [6, 6.07) is 11.0. The van der Waals surface area contributed by atoms with Gasteiger partial charge < -0.3 is 4.74 Å². The van der Waals surface area contributed by atoms with Crippen molar-refractivity contribution < 1.29 is 4.74 Å². The molecular formula is C18H17N3O2. The third kappa shape index (κ3) is 3.55. The molecule has 0 amide bonds. The number of nitrogens with zero attached hydrogens (tertiary/aromatic N) is 3. The van der Waals surface area contributed by atoms with Crippen LogP contribution in [0.4, 0.5) is 0 Å². The molecule has 1 aromatic heterocycles. The van der Waals surface area contributed by atoms with Crippen molar-refractivity contribution in [2.75, 3.05) is 6.61 Å². The summed E-state index contributed by atoms with van der Waals surface area (Å²) in [5, 5.41) is 13.3. The SMILES string of the molecule is C=CCOc1ccccc1/C=N/n1c(C)cc(C)c(C#N)c1=O. The van der Waals surface area contributed by atoms with Gasteiger partial charge in [-0.15, -0.1) is 0 Å². The lowest BCUT2D eigenvalue weighted by molar-refractivity contribution is 0.362. The summed E-state index contributed by atoms with van der Waals surface area (Å²) in [7, 11) is 0. The second kappa shape index (κ2) is 7.23. The van der Waals surface area contributed by atoms with Crippen LogP contribution in [0.2, 0.25) is 0 Å². The smallest absolute Gasteiger partial charge is 0.289 e. The van der Waals surface area contributed by atoms with Crippen molar-refractivity contribution in [2.45, 2.75) is 13.8 Å². The van der Waals surface area contributed by atoms with E-state index in [1.165, 1.54) is 4.68 Å². The van der Waals surface area contributed by atoms with Crippen molar-refractivity contribution in [3.8, 4) is 11.8 Å². The number of hydrogen-bond acceptors (Lipinski definition) is 4. The number of aryl methyl sites for hydroxylation is 2. The fourth-order valence-corrected chi connectivity index (χ4v) is 2.15. The zero-order valence-electron chi connectivity index (χ0n) is 13.1. The zero-order chi connectivity index (χ0) is 16.8. The summed E-state index contributed by atoms with van der Waals surface area (Å²) in [4.78, 5) is 12.3. The molecule has 0 saturated carbocycles. The minimum atomic E-state index is -0.425. The fraction of sp³-hybridized carbons (Fsp3) is 0.167. The van der Waals surface area contributed by atoms with Crippen LogP contribution >= 0.6 is 0 Å². The van der Waals surface area contributed by atoms with E-state index in [1.54, 1.807) is 32.2 Å². The Labute approximate surface area is 134 Å². The lowest BCUT2D eigenvalue weighted by atomic mass is 10.1. The van der Waals surface area contributed by atoms with Gasteiger partial charge >= 0.3 is 0 Å². The molecular weight excluding hydrogens is 290 g/mol. The Morgan fingerprint density at radius 3 is 2.83 bits per heavy atom. The first-order valence-corrected chi connectivity index (χ1v) is 7.09. The van der Waals surface area contributed by atoms with Gasteiger partial charge in [-0.2, -0.15) is 10.4 Å². The monoisotopic (exact) mass is 307 g/mol. The molecule has 23 heavy (non-hydrogen) atoms. The summed E-state index contributed by atoms with van der Waals surface area (Å²) in [5.41, 5.74) is 1.72. The third-order valence-corrected chi connectivity index (χ3v) is 3.26. The molecule has 0 aliphatic rings. The van der Waals surface area contributed by atoms with E-state index in [2.05, 4.69) is 11.7 Å². The molecule has 0 saturated heterocycles. The highest BCUT2D eigenvalue weighted by Crippen LogP contribution is 2.16. The van der Waals surface area contributed by atoms with Crippen LogP contribution in [0.5, 0.6) is 5.75 Å². The standard InChI is InChI=1S/C18H17N3O2/c1-4-9-23-17-8-6-5-7-15(17)12-20-21-14(3)10-13(2)16(11-19)18(21)22/h4-8,10,12H,1,9H2,2-3H3/b20-12+. The maximum atomic E-state index is 12.3. The molecule has 5 nitrogen and oxygen atoms in total. The van der Waals surface area contributed by atoms with Crippen LogP contribution in [0.25, 0.3) is 0 Å². The molecule has 0 aliphatic carbocycles. The van der Waals surface area contributed by atoms with E-state index in [1.807, 2.05) is 30.3 Å². The van der Waals surface area contributed by atoms with Crippen molar-refractivity contribution in [1.82, 2.24) is 4.68 Å². The van der Waals surface area contributed by atoms with Gasteiger partial charge in [-0.25, -0.2) is 4.68 Å². The Morgan fingerprint density at radius 1 is 1.39 bits per heavy atom. The molecule has 0 unspecified atom stereocenters. The molecule has 116 valence electrons. The van der Waals surface area contributed by atoms with Crippen molar-refractivity contribution >= 4 is 6.21 Å². The second-order valence-electron chi connectivity index (χ2n) is 4.95. The Hall–Kier alpha value is -3.13. The highest BCUT2D eigenvalue weighted by atomic mass is 16.5. The van der Waals surface area contributed by atoms with E-state index in [0.717, 1.165) is 5.56 Å². The molecule has 0 spiro atoms. The average molecular weight is 307 g/mol. The van der Waals surface area contributed by atoms with Gasteiger partial charge in [-0.1, -0.05) is 24.8 Å². The van der Waals surface area contributed by atoms with Gasteiger partial charge in [0.25, 0.3) is 5.56 Å². The first-order valence-electron chi connectivity index (χ1n) is 7.09. The first kappa shape index (κ1) is 16.2. The summed E-state index contributed by atoms with van der Waals surface area (Å²) in [6.07, 6.45) is 3.20. The molecule has 5 heteroatoms. The minimum Gasteiger partial charge on any atom is -0.489 e. The molecule has 2 rings (SSSR count). The third-order valence-electron chi connectivity index (χ3n) is 3.26. The van der Waals surface area contributed by atoms with Gasteiger partial charge in [0.05, 0.1) is 6.21 Å². The zero-order valence-corrected chi connectivity index (χ0v) is 13.1. The number of aromatic nitrogens is 1. The van der Waals surface area contributed by atoms with Crippen LogP contribution in [-0.2, 0) is 0 Å². The van der Waals surface area contributed by atoms with E-state index >= 15 is 0 Å². The van der Waals surface area contributed by atoms with Crippen molar-refractivity contribution in [3.63, 3.8) is 0 Å². The molecule has 0 N–H and O–H groups in total. The number of pyridine rings is 1. The Balaban J connectivity index is 2.45. The van der Waals surface area contributed by atoms with E-state index in [4.69, 9.17) is 10.00 Å². The maximum absolute atomic E-state index is 12.3. The largest absolute Gasteiger partial charge is 0.489 e. The Bertz CT molecular complexity index is 858. The molecule has 0 fully saturated rings. The number of hydrogen-bond donors (Lipinski definition) is 0. The van der Waals surface area contributed by atoms with Crippen LogP contribution in [0.3, 0.4) is 0 Å². The van der Waals surface area contributed by atoms with E-state index < -0.39 is 5.56 Å². The van der Waals surface area contributed by atoms with Crippen LogP contribution in [0.15, 0.2) is 52.9 Å². The van der Waals surface area contributed by atoms with Crippen LogP contribution in [0, 0.1) is 25.2 Å². The maximum Gasteiger partial charge on any atom is 0.289 e. The predicted octanol–water partition coefficient (Wildman–Crippen LogP) is 2.78. The van der Waals surface area contributed by atoms with Gasteiger partial charge in [-0.05, 0) is 37.6 Å². The predicted molar refractivity (Wildman–Crippen MR) is 90.0 cm³/mol. The van der Waals surface area contributed by atoms with Crippen LogP contribution in [-0.4, -0.2) is 17.5 Å². The first-order chi connectivity index (χ1) is 11.1. The average Bonchev–Trinajstić information content (AvgIpc) is 2.53. The number of para-hydroxylation sites is 1. The van der Waals surface area contributed by atoms with E-state index in [9.17, 15) is 4.79 Å². The lowest BCUT2D eigenvalue weighted by Crippen LogP contribution is -2.22. The normalized spacial score (nSPS) is 10.5. The highest BCUT2D eigenvalue weighted by molar-refractivity contribution is 5.83. The molecule has 0 aliphatic heterocycles. The van der Waals surface area contributed by atoms with Crippen molar-refractivity contribution in [1.29, 1.82) is 5.26 Å². The van der Waals surface area contributed by atoms with Crippen molar-refractivity contribution in [3.05, 3.63) is 75.7 Å². The molecule has 0 bridgehead atoms. The van der Waals surface area contributed by atoms with Gasteiger partial charge in [0.15, 0.2) is 0 Å². The topological polar surface area (TPSA) is 67.4 Å². The van der Waals surface area contributed by atoms with Gasteiger partial charge in [0, 0.05) is 11.3 Å². The fourth-order valence-electron chi connectivity index (χ4n) is 2.15. The number of ether oxygens (including phenoxy) is 1. The van der Waals surface area contributed by atoms with Gasteiger partial charge in [-0.3, -0.25) is 4.79 Å². The molecule has 1 heterocycles.